The molecule has 2 amide bonds. The third kappa shape index (κ3) is 4.75. The average Bonchev–Trinajstić information content (AvgIpc) is 2.89. The zero-order chi connectivity index (χ0) is 31.3. The number of unbranched alkanes of at least 4 members (excludes halogenated alkanes) is 1. The van der Waals surface area contributed by atoms with Gasteiger partial charge in [0, 0.05) is 43.4 Å². The molecule has 1 aromatic carbocycles. The summed E-state index contributed by atoms with van der Waals surface area (Å²) in [5.74, 6) is -7.15. The van der Waals surface area contributed by atoms with Gasteiger partial charge in [0.05, 0.1) is 18.2 Å². The van der Waals surface area contributed by atoms with Crippen molar-refractivity contribution in [1.82, 2.24) is 10.2 Å². The molecule has 3 aliphatic carbocycles. The van der Waals surface area contributed by atoms with Crippen LogP contribution in [0.25, 0.3) is 0 Å². The van der Waals surface area contributed by atoms with Gasteiger partial charge in [0.1, 0.15) is 22.8 Å². The molecule has 4 rings (SSSR count). The molecule has 3 aliphatic rings. The molecule has 13 nitrogen and oxygen atoms in total. The van der Waals surface area contributed by atoms with Crippen LogP contribution in [0, 0.1) is 11.8 Å². The van der Waals surface area contributed by atoms with Crippen LogP contribution in [0.15, 0.2) is 28.7 Å². The number of alkyl carbamates (subject to hydrolysis) is 1. The minimum Gasteiger partial charge on any atom is -0.510 e. The number of amides is 2. The summed E-state index contributed by atoms with van der Waals surface area (Å²) in [4.78, 5) is 55.0. The van der Waals surface area contributed by atoms with Crippen LogP contribution in [-0.4, -0.2) is 95.3 Å². The Labute approximate surface area is 243 Å². The van der Waals surface area contributed by atoms with Crippen molar-refractivity contribution >= 4 is 29.3 Å². The van der Waals surface area contributed by atoms with E-state index >= 15 is 0 Å². The molecule has 1 aromatic rings. The number of nitrogens with zero attached hydrogens (tertiary/aromatic N) is 2. The molecule has 0 unspecified atom stereocenters. The monoisotopic (exact) mass is 586 g/mol. The van der Waals surface area contributed by atoms with Crippen LogP contribution in [0.5, 0.6) is 5.75 Å². The Morgan fingerprint density at radius 2 is 1.83 bits per heavy atom. The Morgan fingerprint density at radius 3 is 2.40 bits per heavy atom. The van der Waals surface area contributed by atoms with E-state index in [-0.39, 0.29) is 42.7 Å². The van der Waals surface area contributed by atoms with Crippen molar-refractivity contribution in [2.75, 3.05) is 39.7 Å². The maximum absolute atomic E-state index is 14.0. The lowest BCUT2D eigenvalue weighted by molar-refractivity contribution is -0.148. The van der Waals surface area contributed by atoms with Gasteiger partial charge in [0.15, 0.2) is 11.4 Å². The molecular formula is C29H38N4O9. The Hall–Kier alpha value is -4.10. The van der Waals surface area contributed by atoms with Crippen LogP contribution in [0.1, 0.15) is 47.7 Å². The molecule has 0 fully saturated rings. The Balaban J connectivity index is 1.83. The van der Waals surface area contributed by atoms with Gasteiger partial charge in [-0.2, -0.15) is 0 Å². The fourth-order valence-corrected chi connectivity index (χ4v) is 6.41. The van der Waals surface area contributed by atoms with Crippen molar-refractivity contribution in [3.05, 3.63) is 45.4 Å². The van der Waals surface area contributed by atoms with Crippen LogP contribution in [0.3, 0.4) is 0 Å². The Kier molecular flexibility index (Phi) is 8.29. The Morgan fingerprint density at radius 1 is 1.17 bits per heavy atom. The second kappa shape index (κ2) is 11.3. The lowest BCUT2D eigenvalue weighted by Gasteiger charge is -2.50. The molecule has 4 atom stereocenters. The average molecular weight is 587 g/mol. The molecular weight excluding hydrogens is 548 g/mol. The summed E-state index contributed by atoms with van der Waals surface area (Å²) in [6.45, 7) is 2.03. The highest BCUT2D eigenvalue weighted by molar-refractivity contribution is 6.25. The van der Waals surface area contributed by atoms with Crippen molar-refractivity contribution < 1.29 is 44.3 Å². The number of ether oxygens (including phenoxy) is 1. The first-order chi connectivity index (χ1) is 19.7. The first-order valence-corrected chi connectivity index (χ1v) is 13.8. The van der Waals surface area contributed by atoms with Crippen molar-refractivity contribution in [2.45, 2.75) is 50.8 Å². The van der Waals surface area contributed by atoms with Gasteiger partial charge < -0.3 is 41.1 Å². The number of phenols is 1. The maximum atomic E-state index is 14.0. The van der Waals surface area contributed by atoms with Gasteiger partial charge in [-0.25, -0.2) is 4.79 Å². The Bertz CT molecular complexity index is 1410. The van der Waals surface area contributed by atoms with Crippen LogP contribution in [0.4, 0.5) is 10.5 Å². The van der Waals surface area contributed by atoms with E-state index in [1.165, 1.54) is 4.90 Å². The van der Waals surface area contributed by atoms with Crippen LogP contribution >= 0.6 is 0 Å². The van der Waals surface area contributed by atoms with E-state index in [9.17, 15) is 39.6 Å². The third-order valence-electron chi connectivity index (χ3n) is 8.41. The first-order valence-electron chi connectivity index (χ1n) is 13.8. The summed E-state index contributed by atoms with van der Waals surface area (Å²) in [7, 11) is 6.66. The van der Waals surface area contributed by atoms with E-state index in [0.717, 1.165) is 6.42 Å². The number of carbonyl (C=O) groups excluding carboxylic acids is 4. The zero-order valence-electron chi connectivity index (χ0n) is 24.4. The number of hydrogen-bond acceptors (Lipinski definition) is 11. The molecule has 0 heterocycles. The number of carbonyl (C=O) groups is 4. The summed E-state index contributed by atoms with van der Waals surface area (Å²) in [5.41, 5.74) is 2.72. The van der Waals surface area contributed by atoms with Gasteiger partial charge in [-0.05, 0) is 50.9 Å². The number of nitrogens with two attached hydrogens (primary N) is 1. The molecule has 0 radical (unpaired) electrons. The standard InChI is InChI=1S/C29H38N4O9/c1-6-7-8-42-28(40)31-12-14-11-17(32(2)3)15-9-13-10-16-21(33(4)5)24(36)20(27(30)39)26(38)29(16,41)25(37)18(13)23(35)19(15)22(14)34/h11,13,16,21,34,36-37,41H,6-10,12H2,1-5H3,(H2,30,39)(H,31,40)/t13-,16-,21-,29+/m1/s1. The van der Waals surface area contributed by atoms with E-state index in [1.807, 2.05) is 6.92 Å². The summed E-state index contributed by atoms with van der Waals surface area (Å²) in [6.07, 6.45) is 0.995. The van der Waals surface area contributed by atoms with Crippen LogP contribution < -0.4 is 16.0 Å². The van der Waals surface area contributed by atoms with E-state index in [2.05, 4.69) is 5.32 Å². The minimum atomic E-state index is -2.72. The van der Waals surface area contributed by atoms with Crippen LogP contribution in [0.2, 0.25) is 0 Å². The van der Waals surface area contributed by atoms with Crippen molar-refractivity contribution in [3.8, 4) is 5.75 Å². The number of hydrogen-bond donors (Lipinski definition) is 6. The molecule has 0 spiro atoms. The second-order valence-electron chi connectivity index (χ2n) is 11.5. The topological polar surface area (TPSA) is 203 Å². The third-order valence-corrected chi connectivity index (χ3v) is 8.41. The normalized spacial score (nSPS) is 25.2. The number of rotatable bonds is 8. The predicted molar refractivity (Wildman–Crippen MR) is 151 cm³/mol. The summed E-state index contributed by atoms with van der Waals surface area (Å²) >= 11 is 0. The number of likely N-dealkylation sites (N-methyl/N-ethyl adjacent to an activating group) is 1. The number of nitrogens with one attached hydrogen (secondary N) is 1. The molecule has 0 aromatic heterocycles. The van der Waals surface area contributed by atoms with E-state index in [0.29, 0.717) is 17.7 Å². The number of aliphatic hydroxyl groups is 3. The van der Waals surface area contributed by atoms with Gasteiger partial charge >= 0.3 is 6.09 Å². The zero-order valence-corrected chi connectivity index (χ0v) is 24.4. The lowest BCUT2D eigenvalue weighted by atomic mass is 9.58. The van der Waals surface area contributed by atoms with E-state index < -0.39 is 69.9 Å². The highest BCUT2D eigenvalue weighted by Gasteiger charge is 2.63. The highest BCUT2D eigenvalue weighted by Crippen LogP contribution is 2.53. The minimum absolute atomic E-state index is 0.00764. The van der Waals surface area contributed by atoms with Crippen LogP contribution in [-0.2, 0) is 27.3 Å². The first kappa shape index (κ1) is 30.8. The fourth-order valence-electron chi connectivity index (χ4n) is 6.41. The molecule has 0 aliphatic heterocycles. The van der Waals surface area contributed by atoms with Gasteiger partial charge in [-0.3, -0.25) is 19.3 Å². The fraction of sp³-hybridized carbons (Fsp3) is 0.517. The number of primary amides is 1. The summed E-state index contributed by atoms with van der Waals surface area (Å²) < 4.78 is 5.10. The molecule has 0 saturated carbocycles. The molecule has 7 N–H and O–H groups in total. The quantitative estimate of drug-likeness (QED) is 0.189. The number of benzene rings is 1. The van der Waals surface area contributed by atoms with E-state index in [1.54, 1.807) is 39.2 Å². The number of allylic oxidation sites excluding steroid dienone is 1. The van der Waals surface area contributed by atoms with Gasteiger partial charge in [0.25, 0.3) is 5.91 Å². The summed E-state index contributed by atoms with van der Waals surface area (Å²) in [5, 5.41) is 47.9. The number of aromatic hydroxyl groups is 1. The molecule has 42 heavy (non-hydrogen) atoms. The van der Waals surface area contributed by atoms with Gasteiger partial charge in [-0.1, -0.05) is 13.3 Å². The SMILES string of the molecule is CCCCOC(=O)NCc1cc(N(C)C)c2c(c1O)C(=O)C1=C(O)[C@]3(O)C(=O)C(C(N)=O)=C(O)[C@H](N(C)C)[C@H]3C[C@H]1C2. The number of phenolic OH excluding ortho intramolecular Hbond substituents is 1. The second-order valence-corrected chi connectivity index (χ2v) is 11.5. The molecule has 0 saturated heterocycles. The molecule has 13 heteroatoms. The summed E-state index contributed by atoms with van der Waals surface area (Å²) in [6, 6.07) is 0.588. The molecule has 228 valence electrons. The molecule has 0 bridgehead atoms. The number of fused-ring (bicyclic) bond motifs is 3. The van der Waals surface area contributed by atoms with Crippen molar-refractivity contribution in [1.29, 1.82) is 0 Å². The largest absolute Gasteiger partial charge is 0.510 e. The number of Topliss-reactive ketones (excluding diaryl/α,β-unsaturated/α-hetero) is 2. The smallest absolute Gasteiger partial charge is 0.407 e. The number of anilines is 1. The maximum Gasteiger partial charge on any atom is 0.407 e. The lowest BCUT2D eigenvalue weighted by Crippen LogP contribution is -2.63. The highest BCUT2D eigenvalue weighted by atomic mass is 16.5. The number of aliphatic hydroxyl groups excluding tert-OH is 2. The predicted octanol–water partition coefficient (Wildman–Crippen LogP) is 1.21. The van der Waals surface area contributed by atoms with Gasteiger partial charge in [-0.15, -0.1) is 0 Å². The van der Waals surface area contributed by atoms with Gasteiger partial charge in [0.2, 0.25) is 5.78 Å². The van der Waals surface area contributed by atoms with Crippen molar-refractivity contribution in [2.24, 2.45) is 17.6 Å². The van der Waals surface area contributed by atoms with E-state index in [4.69, 9.17) is 10.5 Å². The van der Waals surface area contributed by atoms with Crippen molar-refractivity contribution in [3.63, 3.8) is 0 Å². The number of ketones is 2.